The molecule has 0 N–H and O–H groups in total. The molecule has 0 aliphatic carbocycles. The average molecular weight is 439 g/mol. The Hall–Kier alpha value is -2.38. The van der Waals surface area contributed by atoms with Crippen molar-refractivity contribution in [2.24, 2.45) is 5.92 Å². The molecule has 1 aromatic rings. The van der Waals surface area contributed by atoms with Crippen LogP contribution in [0.3, 0.4) is 0 Å². The molecule has 0 bridgehead atoms. The van der Waals surface area contributed by atoms with E-state index in [4.69, 9.17) is 25.8 Å². The Morgan fingerprint density at radius 2 is 1.83 bits per heavy atom. The van der Waals surface area contributed by atoms with E-state index in [0.717, 1.165) is 0 Å². The molecule has 1 aromatic carbocycles. The molecule has 1 unspecified atom stereocenters. The van der Waals surface area contributed by atoms with Crippen LogP contribution in [0.5, 0.6) is 0 Å². The van der Waals surface area contributed by atoms with Gasteiger partial charge in [0.2, 0.25) is 0 Å². The van der Waals surface area contributed by atoms with Crippen LogP contribution in [0.15, 0.2) is 24.3 Å². The first kappa shape index (κ1) is 23.9. The van der Waals surface area contributed by atoms with Crippen molar-refractivity contribution in [1.29, 1.82) is 0 Å². The Bertz CT molecular complexity index is 841. The zero-order valence-corrected chi connectivity index (χ0v) is 18.8. The monoisotopic (exact) mass is 438 g/mol. The van der Waals surface area contributed by atoms with Gasteiger partial charge in [-0.1, -0.05) is 25.4 Å². The first-order valence-electron chi connectivity index (χ1n) is 9.82. The first-order chi connectivity index (χ1) is 13.9. The Balaban J connectivity index is 1.96. The fourth-order valence-corrected chi connectivity index (χ4v) is 3.21. The summed E-state index contributed by atoms with van der Waals surface area (Å²) in [5, 5.41) is 0.473. The summed E-state index contributed by atoms with van der Waals surface area (Å²) >= 11 is 5.98. The molecule has 0 saturated carbocycles. The number of rotatable bonds is 9. The summed E-state index contributed by atoms with van der Waals surface area (Å²) in [5.41, 5.74) is 0.978. The topological polar surface area (TPSA) is 78.9 Å². The molecule has 7 nitrogen and oxygen atoms in total. The van der Waals surface area contributed by atoms with E-state index in [0.29, 0.717) is 39.4 Å². The molecule has 30 heavy (non-hydrogen) atoms. The number of esters is 3. The number of hydrogen-bond donors (Lipinski definition) is 0. The minimum absolute atomic E-state index is 0.0509. The number of benzene rings is 1. The molecule has 0 aromatic heterocycles. The van der Waals surface area contributed by atoms with Gasteiger partial charge in [0.15, 0.2) is 6.10 Å². The van der Waals surface area contributed by atoms with Crippen molar-refractivity contribution in [1.82, 2.24) is 0 Å². The maximum absolute atomic E-state index is 12.3. The average Bonchev–Trinajstić information content (AvgIpc) is 2.87. The highest BCUT2D eigenvalue weighted by atomic mass is 35.5. The molecule has 0 fully saturated rings. The molecular weight excluding hydrogens is 410 g/mol. The Labute approximate surface area is 182 Å². The second-order valence-corrected chi connectivity index (χ2v) is 9.15. The molecule has 1 aliphatic rings. The van der Waals surface area contributed by atoms with Gasteiger partial charge in [0.25, 0.3) is 0 Å². The quantitative estimate of drug-likeness (QED) is 0.334. The minimum atomic E-state index is -0.583. The number of nitrogens with zero attached hydrogens (tertiary/aromatic N) is 1. The number of ether oxygens (including phenoxy) is 3. The van der Waals surface area contributed by atoms with Gasteiger partial charge in [-0.3, -0.25) is 9.59 Å². The van der Waals surface area contributed by atoms with E-state index in [1.807, 2.05) is 35.0 Å². The fraction of sp³-hybridized carbons (Fsp3) is 0.500. The van der Waals surface area contributed by atoms with Gasteiger partial charge in [-0.05, 0) is 30.2 Å². The predicted octanol–water partition coefficient (Wildman–Crippen LogP) is 3.45. The maximum Gasteiger partial charge on any atom is 0.344 e. The lowest BCUT2D eigenvalue weighted by atomic mass is 10.1. The van der Waals surface area contributed by atoms with Crippen molar-refractivity contribution in [3.8, 4) is 0 Å². The predicted molar refractivity (Wildman–Crippen MR) is 113 cm³/mol. The second kappa shape index (κ2) is 10.1. The van der Waals surface area contributed by atoms with Crippen molar-refractivity contribution < 1.29 is 33.1 Å². The summed E-state index contributed by atoms with van der Waals surface area (Å²) in [6.45, 7) is 4.26. The van der Waals surface area contributed by atoms with Crippen LogP contribution < -0.4 is 0 Å². The van der Waals surface area contributed by atoms with Crippen LogP contribution in [0.25, 0.3) is 5.76 Å². The van der Waals surface area contributed by atoms with Crippen molar-refractivity contribution in [2.75, 3.05) is 34.3 Å². The van der Waals surface area contributed by atoms with Crippen LogP contribution in [-0.2, 0) is 23.8 Å². The highest BCUT2D eigenvalue weighted by Crippen LogP contribution is 2.31. The lowest BCUT2D eigenvalue weighted by Crippen LogP contribution is -2.44. The summed E-state index contributed by atoms with van der Waals surface area (Å²) in [6.07, 6.45) is 1.17. The van der Waals surface area contributed by atoms with Gasteiger partial charge in [-0.2, -0.15) is 0 Å². The number of likely N-dealkylation sites (N-methyl/N-ethyl adjacent to an activating group) is 1. The summed E-state index contributed by atoms with van der Waals surface area (Å²) in [4.78, 5) is 36.2. The zero-order valence-electron chi connectivity index (χ0n) is 18.1. The highest BCUT2D eigenvalue weighted by Gasteiger charge is 2.28. The van der Waals surface area contributed by atoms with E-state index < -0.39 is 18.0 Å². The Kier molecular flexibility index (Phi) is 8.03. The minimum Gasteiger partial charge on any atom is -0.461 e. The van der Waals surface area contributed by atoms with Crippen LogP contribution in [0, 0.1) is 5.92 Å². The number of halogens is 1. The van der Waals surface area contributed by atoms with Crippen molar-refractivity contribution in [2.45, 2.75) is 32.8 Å². The third-order valence-electron chi connectivity index (χ3n) is 4.20. The number of cyclic esters (lactones) is 1. The Morgan fingerprint density at radius 1 is 1.13 bits per heavy atom. The van der Waals surface area contributed by atoms with Crippen LogP contribution >= 0.6 is 11.6 Å². The first-order valence-corrected chi connectivity index (χ1v) is 10.2. The number of carbonyl (C=O) groups excluding carboxylic acids is 3. The van der Waals surface area contributed by atoms with Gasteiger partial charge >= 0.3 is 17.9 Å². The largest absolute Gasteiger partial charge is 0.461 e. The summed E-state index contributed by atoms with van der Waals surface area (Å²) in [6, 6.07) is 4.83. The molecule has 164 valence electrons. The molecule has 0 amide bonds. The lowest BCUT2D eigenvalue weighted by Gasteiger charge is -2.28. The number of hydrogen-bond acceptors (Lipinski definition) is 6. The van der Waals surface area contributed by atoms with Crippen molar-refractivity contribution >= 4 is 35.3 Å². The van der Waals surface area contributed by atoms with Crippen LogP contribution in [-0.4, -0.2) is 62.8 Å². The molecule has 1 heterocycles. The van der Waals surface area contributed by atoms with Crippen molar-refractivity contribution in [3.05, 3.63) is 40.4 Å². The summed E-state index contributed by atoms with van der Waals surface area (Å²) in [5.74, 6) is -0.828. The van der Waals surface area contributed by atoms with Crippen LogP contribution in [0.4, 0.5) is 0 Å². The zero-order chi connectivity index (χ0) is 22.5. The fourth-order valence-electron chi connectivity index (χ4n) is 3.04. The lowest BCUT2D eigenvalue weighted by molar-refractivity contribution is -0.873. The van der Waals surface area contributed by atoms with E-state index >= 15 is 0 Å². The van der Waals surface area contributed by atoms with Gasteiger partial charge in [0.1, 0.15) is 18.9 Å². The normalized spacial score (nSPS) is 15.7. The van der Waals surface area contributed by atoms with E-state index in [1.54, 1.807) is 18.2 Å². The molecular formula is C22H29ClNO6+. The van der Waals surface area contributed by atoms with E-state index in [2.05, 4.69) is 0 Å². The number of fused-ring (bicyclic) bond motifs is 1. The molecule has 1 aliphatic heterocycles. The van der Waals surface area contributed by atoms with Crippen LogP contribution in [0.1, 0.15) is 42.6 Å². The van der Waals surface area contributed by atoms with Gasteiger partial charge in [0, 0.05) is 17.0 Å². The number of carbonyl (C=O) groups is 3. The molecule has 0 radical (unpaired) electrons. The van der Waals surface area contributed by atoms with E-state index in [1.165, 1.54) is 6.08 Å². The smallest absolute Gasteiger partial charge is 0.344 e. The maximum atomic E-state index is 12.3. The van der Waals surface area contributed by atoms with Gasteiger partial charge < -0.3 is 18.7 Å². The van der Waals surface area contributed by atoms with Crippen molar-refractivity contribution in [3.63, 3.8) is 0 Å². The van der Waals surface area contributed by atoms with Crippen LogP contribution in [0.2, 0.25) is 5.02 Å². The van der Waals surface area contributed by atoms with E-state index in [-0.39, 0.29) is 24.9 Å². The molecule has 0 saturated heterocycles. The second-order valence-electron chi connectivity index (χ2n) is 8.72. The number of quaternary nitrogens is 1. The standard InChI is InChI=1S/C22H29ClNO6/c1-14(2)10-21(26)29-16(13-24(3,4)5)12-20(25)28-9-8-19-18-11-15(23)6-7-17(18)22(27)30-19/h6-8,11,14,16H,9-10,12-13H2,1-5H3/q+1. The van der Waals surface area contributed by atoms with Gasteiger partial charge in [0.05, 0.1) is 33.1 Å². The van der Waals surface area contributed by atoms with E-state index in [9.17, 15) is 14.4 Å². The molecule has 8 heteroatoms. The summed E-state index contributed by atoms with van der Waals surface area (Å²) in [7, 11) is 5.86. The third-order valence-corrected chi connectivity index (χ3v) is 4.44. The molecule has 1 atom stereocenters. The summed E-state index contributed by atoms with van der Waals surface area (Å²) < 4.78 is 16.5. The molecule has 2 rings (SSSR count). The SMILES string of the molecule is CC(C)CC(=O)OC(CC(=O)OCC=C1OC(=O)c2ccc(Cl)cc21)C[N+](C)(C)C. The highest BCUT2D eigenvalue weighted by molar-refractivity contribution is 6.31. The van der Waals surface area contributed by atoms with Gasteiger partial charge in [-0.15, -0.1) is 0 Å². The van der Waals surface area contributed by atoms with Gasteiger partial charge in [-0.25, -0.2) is 4.79 Å². The molecule has 0 spiro atoms. The third kappa shape index (κ3) is 7.46. The Morgan fingerprint density at radius 3 is 2.47 bits per heavy atom.